The summed E-state index contributed by atoms with van der Waals surface area (Å²) in [5.41, 5.74) is 2.56. The van der Waals surface area contributed by atoms with Gasteiger partial charge in [-0.2, -0.15) is 0 Å². The summed E-state index contributed by atoms with van der Waals surface area (Å²) in [6, 6.07) is 7.73. The number of carbonyl (C=O) groups is 1. The van der Waals surface area contributed by atoms with Gasteiger partial charge >= 0.3 is 5.97 Å². The van der Waals surface area contributed by atoms with Crippen LogP contribution in [-0.4, -0.2) is 17.7 Å². The van der Waals surface area contributed by atoms with E-state index in [1.807, 2.05) is 24.3 Å². The van der Waals surface area contributed by atoms with Crippen LogP contribution in [-0.2, 0) is 11.2 Å². The van der Waals surface area contributed by atoms with Gasteiger partial charge < -0.3 is 9.26 Å². The molecule has 0 aliphatic carbocycles. The van der Waals surface area contributed by atoms with Gasteiger partial charge in [-0.3, -0.25) is 0 Å². The molecule has 2 aromatic rings. The summed E-state index contributed by atoms with van der Waals surface area (Å²) in [6.07, 6.45) is 0.949. The van der Waals surface area contributed by atoms with E-state index in [-0.39, 0.29) is 17.4 Å². The zero-order valence-electron chi connectivity index (χ0n) is 10.8. The van der Waals surface area contributed by atoms with Crippen molar-refractivity contribution >= 4 is 17.6 Å². The molecule has 0 unspecified atom stereocenters. The molecule has 5 heteroatoms. The van der Waals surface area contributed by atoms with Crippen LogP contribution in [0.15, 0.2) is 28.8 Å². The SMILES string of the molecule is CCOC(=O)c1c(-c2ccc(CC)cc2)noc1Cl. The number of aromatic nitrogens is 1. The van der Waals surface area contributed by atoms with Crippen molar-refractivity contribution < 1.29 is 14.1 Å². The minimum atomic E-state index is -0.525. The lowest BCUT2D eigenvalue weighted by atomic mass is 10.1. The summed E-state index contributed by atoms with van der Waals surface area (Å²) >= 11 is 5.85. The molecular formula is C14H14ClNO3. The molecule has 0 amide bonds. The first-order chi connectivity index (χ1) is 9.17. The number of hydrogen-bond acceptors (Lipinski definition) is 4. The molecule has 100 valence electrons. The van der Waals surface area contributed by atoms with E-state index in [9.17, 15) is 4.79 Å². The van der Waals surface area contributed by atoms with Crippen molar-refractivity contribution in [2.75, 3.05) is 6.61 Å². The number of carbonyl (C=O) groups excluding carboxylic acids is 1. The van der Waals surface area contributed by atoms with Gasteiger partial charge in [0.15, 0.2) is 0 Å². The minimum Gasteiger partial charge on any atom is -0.462 e. The second-order valence-corrected chi connectivity index (χ2v) is 4.29. The normalized spacial score (nSPS) is 10.5. The summed E-state index contributed by atoms with van der Waals surface area (Å²) in [5.74, 6) is -0.525. The van der Waals surface area contributed by atoms with Crippen LogP contribution in [0.5, 0.6) is 0 Å². The molecule has 0 fully saturated rings. The van der Waals surface area contributed by atoms with E-state index in [1.165, 1.54) is 5.56 Å². The molecule has 4 nitrogen and oxygen atoms in total. The lowest BCUT2D eigenvalue weighted by Crippen LogP contribution is -2.05. The van der Waals surface area contributed by atoms with Crippen molar-refractivity contribution in [1.29, 1.82) is 0 Å². The number of esters is 1. The Morgan fingerprint density at radius 1 is 1.32 bits per heavy atom. The maximum Gasteiger partial charge on any atom is 0.345 e. The predicted octanol–water partition coefficient (Wildman–Crippen LogP) is 3.73. The number of aryl methyl sites for hydroxylation is 1. The molecule has 0 aliphatic heterocycles. The quantitative estimate of drug-likeness (QED) is 0.800. The Balaban J connectivity index is 2.41. The second kappa shape index (κ2) is 5.89. The second-order valence-electron chi connectivity index (χ2n) is 3.95. The van der Waals surface area contributed by atoms with Crippen LogP contribution in [0, 0.1) is 0 Å². The van der Waals surface area contributed by atoms with Crippen LogP contribution < -0.4 is 0 Å². The maximum atomic E-state index is 11.8. The summed E-state index contributed by atoms with van der Waals surface area (Å²) in [4.78, 5) is 11.8. The average molecular weight is 280 g/mol. The molecule has 19 heavy (non-hydrogen) atoms. The number of nitrogens with zero attached hydrogens (tertiary/aromatic N) is 1. The highest BCUT2D eigenvalue weighted by atomic mass is 35.5. The predicted molar refractivity (Wildman–Crippen MR) is 72.3 cm³/mol. The van der Waals surface area contributed by atoms with Gasteiger partial charge in [-0.25, -0.2) is 4.79 Å². The Kier molecular flexibility index (Phi) is 4.22. The lowest BCUT2D eigenvalue weighted by molar-refractivity contribution is 0.0526. The van der Waals surface area contributed by atoms with Crippen molar-refractivity contribution in [3.63, 3.8) is 0 Å². The fourth-order valence-corrected chi connectivity index (χ4v) is 1.95. The van der Waals surface area contributed by atoms with Crippen LogP contribution in [0.3, 0.4) is 0 Å². The first-order valence-corrected chi connectivity index (χ1v) is 6.46. The van der Waals surface area contributed by atoms with Crippen LogP contribution in [0.2, 0.25) is 5.22 Å². The fourth-order valence-electron chi connectivity index (χ4n) is 1.75. The molecular weight excluding hydrogens is 266 g/mol. The van der Waals surface area contributed by atoms with Crippen molar-refractivity contribution in [3.8, 4) is 11.3 Å². The standard InChI is InChI=1S/C14H14ClNO3/c1-3-9-5-7-10(8-6-9)12-11(13(15)19-16-12)14(17)18-4-2/h5-8H,3-4H2,1-2H3. The van der Waals surface area contributed by atoms with E-state index < -0.39 is 5.97 Å². The molecule has 0 radical (unpaired) electrons. The summed E-state index contributed by atoms with van der Waals surface area (Å²) in [7, 11) is 0. The molecule has 2 rings (SSSR count). The van der Waals surface area contributed by atoms with Gasteiger partial charge in [0.05, 0.1) is 6.61 Å². The minimum absolute atomic E-state index is 0.0481. The third kappa shape index (κ3) is 2.79. The third-order valence-corrected chi connectivity index (χ3v) is 3.02. The Morgan fingerprint density at radius 3 is 2.58 bits per heavy atom. The number of ether oxygens (including phenoxy) is 1. The first-order valence-electron chi connectivity index (χ1n) is 6.09. The van der Waals surface area contributed by atoms with Gasteiger partial charge in [0.2, 0.25) is 5.22 Å². The van der Waals surface area contributed by atoms with Gasteiger partial charge in [-0.15, -0.1) is 0 Å². The number of halogens is 1. The highest BCUT2D eigenvalue weighted by Gasteiger charge is 2.23. The van der Waals surface area contributed by atoms with Crippen LogP contribution in [0.25, 0.3) is 11.3 Å². The molecule has 0 saturated heterocycles. The Hall–Kier alpha value is -1.81. The molecule has 0 bridgehead atoms. The summed E-state index contributed by atoms with van der Waals surface area (Å²) in [5, 5.41) is 3.79. The van der Waals surface area contributed by atoms with Gasteiger partial charge in [0, 0.05) is 5.56 Å². The van der Waals surface area contributed by atoms with Gasteiger partial charge in [-0.05, 0) is 30.5 Å². The van der Waals surface area contributed by atoms with E-state index in [0.29, 0.717) is 5.69 Å². The summed E-state index contributed by atoms with van der Waals surface area (Å²) < 4.78 is 9.84. The van der Waals surface area contributed by atoms with Crippen molar-refractivity contribution in [2.24, 2.45) is 0 Å². The third-order valence-electron chi connectivity index (χ3n) is 2.77. The van der Waals surface area contributed by atoms with Gasteiger partial charge in [-0.1, -0.05) is 36.3 Å². The van der Waals surface area contributed by atoms with E-state index in [1.54, 1.807) is 6.92 Å². The smallest absolute Gasteiger partial charge is 0.345 e. The Morgan fingerprint density at radius 2 is 2.00 bits per heavy atom. The fraction of sp³-hybridized carbons (Fsp3) is 0.286. The van der Waals surface area contributed by atoms with Gasteiger partial charge in [0.25, 0.3) is 0 Å². The van der Waals surface area contributed by atoms with Gasteiger partial charge in [0.1, 0.15) is 11.3 Å². The number of hydrogen-bond donors (Lipinski definition) is 0. The van der Waals surface area contributed by atoms with E-state index >= 15 is 0 Å². The van der Waals surface area contributed by atoms with Crippen LogP contribution in [0.4, 0.5) is 0 Å². The Bertz CT molecular complexity index is 575. The van der Waals surface area contributed by atoms with E-state index in [2.05, 4.69) is 12.1 Å². The highest BCUT2D eigenvalue weighted by Crippen LogP contribution is 2.29. The van der Waals surface area contributed by atoms with Crippen molar-refractivity contribution in [3.05, 3.63) is 40.6 Å². The van der Waals surface area contributed by atoms with Crippen LogP contribution >= 0.6 is 11.6 Å². The van der Waals surface area contributed by atoms with E-state index in [4.69, 9.17) is 20.9 Å². The van der Waals surface area contributed by atoms with E-state index in [0.717, 1.165) is 12.0 Å². The molecule has 1 aromatic heterocycles. The first kappa shape index (κ1) is 13.6. The number of benzene rings is 1. The molecule has 0 saturated carbocycles. The molecule has 1 aromatic carbocycles. The topological polar surface area (TPSA) is 52.3 Å². The lowest BCUT2D eigenvalue weighted by Gasteiger charge is -2.03. The zero-order valence-corrected chi connectivity index (χ0v) is 11.5. The molecule has 1 heterocycles. The monoisotopic (exact) mass is 279 g/mol. The molecule has 0 spiro atoms. The molecule has 0 N–H and O–H groups in total. The summed E-state index contributed by atoms with van der Waals surface area (Å²) in [6.45, 7) is 4.08. The average Bonchev–Trinajstić information content (AvgIpc) is 2.81. The number of rotatable bonds is 4. The maximum absolute atomic E-state index is 11.8. The van der Waals surface area contributed by atoms with Crippen LogP contribution in [0.1, 0.15) is 29.8 Å². The highest BCUT2D eigenvalue weighted by molar-refractivity contribution is 6.32. The molecule has 0 aliphatic rings. The zero-order chi connectivity index (χ0) is 13.8. The molecule has 0 atom stereocenters. The Labute approximate surface area is 116 Å². The van der Waals surface area contributed by atoms with Crippen molar-refractivity contribution in [2.45, 2.75) is 20.3 Å². The van der Waals surface area contributed by atoms with Crippen molar-refractivity contribution in [1.82, 2.24) is 5.16 Å². The largest absolute Gasteiger partial charge is 0.462 e.